The normalized spacial score (nSPS) is 19.8. The number of aromatic amines is 2. The Kier molecular flexibility index (Phi) is 4.90. The van der Waals surface area contributed by atoms with Gasteiger partial charge < -0.3 is 9.72 Å². The van der Waals surface area contributed by atoms with Gasteiger partial charge in [0.05, 0.1) is 18.3 Å². The molecule has 2 aromatic carbocycles. The van der Waals surface area contributed by atoms with Gasteiger partial charge in [-0.1, -0.05) is 23.4 Å². The summed E-state index contributed by atoms with van der Waals surface area (Å²) in [5, 5.41) is 9.59. The molecule has 2 fully saturated rings. The van der Waals surface area contributed by atoms with E-state index in [0.29, 0.717) is 18.0 Å². The summed E-state index contributed by atoms with van der Waals surface area (Å²) in [5.74, 6) is 1.30. The Morgan fingerprint density at radius 2 is 1.97 bits per heavy atom. The molecular formula is C27H28N5O+. The van der Waals surface area contributed by atoms with Gasteiger partial charge in [-0.25, -0.2) is 0 Å². The fraction of sp³-hybridized carbons (Fsp3) is 0.296. The number of hydrogen-bond donors (Lipinski definition) is 2. The van der Waals surface area contributed by atoms with Crippen molar-refractivity contribution < 1.29 is 4.74 Å². The van der Waals surface area contributed by atoms with Gasteiger partial charge in [0.25, 0.3) is 6.21 Å². The number of H-pyrrole nitrogens is 2. The highest BCUT2D eigenvalue weighted by molar-refractivity contribution is 6.09. The van der Waals surface area contributed by atoms with Crippen LogP contribution in [0.15, 0.2) is 61.1 Å². The Morgan fingerprint density at radius 3 is 2.76 bits per heavy atom. The van der Waals surface area contributed by atoms with E-state index in [4.69, 9.17) is 4.74 Å². The number of nitrogens with one attached hydrogen (secondary N) is 2. The van der Waals surface area contributed by atoms with Gasteiger partial charge in [-0.3, -0.25) is 10.00 Å². The van der Waals surface area contributed by atoms with Crippen molar-refractivity contribution >= 4 is 33.9 Å². The Bertz CT molecular complexity index is 1400. The van der Waals surface area contributed by atoms with Gasteiger partial charge in [-0.2, -0.15) is 5.10 Å². The molecule has 2 aliphatic rings. The number of nitrogens with zero attached hydrogens (tertiary/aromatic N) is 3. The maximum atomic E-state index is 6.34. The molecule has 166 valence electrons. The minimum absolute atomic E-state index is 0.559. The predicted octanol–water partition coefficient (Wildman–Crippen LogP) is 4.77. The van der Waals surface area contributed by atoms with Crippen LogP contribution in [0.4, 0.5) is 0 Å². The summed E-state index contributed by atoms with van der Waals surface area (Å²) >= 11 is 0. The van der Waals surface area contributed by atoms with Crippen molar-refractivity contribution in [3.8, 4) is 11.1 Å². The van der Waals surface area contributed by atoms with Crippen molar-refractivity contribution in [2.24, 2.45) is 0 Å². The summed E-state index contributed by atoms with van der Waals surface area (Å²) < 4.78 is 11.0. The fourth-order valence-electron chi connectivity index (χ4n) is 5.64. The van der Waals surface area contributed by atoms with Gasteiger partial charge in [-0.05, 0) is 61.1 Å². The number of fused-ring (bicyclic) bond motifs is 4. The van der Waals surface area contributed by atoms with Crippen molar-refractivity contribution in [1.82, 2.24) is 24.7 Å². The van der Waals surface area contributed by atoms with Crippen LogP contribution in [0.3, 0.4) is 0 Å². The average Bonchev–Trinajstić information content (AvgIpc) is 3.62. The molecule has 2 saturated heterocycles. The third kappa shape index (κ3) is 3.48. The zero-order chi connectivity index (χ0) is 22.4. The summed E-state index contributed by atoms with van der Waals surface area (Å²) in [6, 6.07) is 14.1. The van der Waals surface area contributed by atoms with Crippen LogP contribution < -0.4 is 4.67 Å². The second kappa shape index (κ2) is 8.07. The van der Waals surface area contributed by atoms with Crippen LogP contribution in [0.25, 0.3) is 32.9 Å². The van der Waals surface area contributed by atoms with E-state index in [-0.39, 0.29) is 0 Å². The Balaban J connectivity index is 1.38. The molecule has 2 aliphatic heterocycles. The van der Waals surface area contributed by atoms with E-state index >= 15 is 0 Å². The average molecular weight is 439 g/mol. The molecule has 4 aromatic rings. The molecule has 0 spiro atoms. The molecule has 6 rings (SSSR count). The molecular weight excluding hydrogens is 410 g/mol. The second-order valence-corrected chi connectivity index (χ2v) is 9.07. The molecule has 0 radical (unpaired) electrons. The highest BCUT2D eigenvalue weighted by Crippen LogP contribution is 2.38. The molecule has 0 aliphatic carbocycles. The number of hydrogen-bond acceptors (Lipinski definition) is 3. The minimum Gasteiger partial charge on any atom is -0.396 e. The second-order valence-electron chi connectivity index (χ2n) is 9.07. The molecule has 6 nitrogen and oxygen atoms in total. The van der Waals surface area contributed by atoms with Crippen molar-refractivity contribution in [3.05, 3.63) is 66.7 Å². The smallest absolute Gasteiger partial charge is 0.396 e. The van der Waals surface area contributed by atoms with Crippen LogP contribution in [-0.2, 0) is 4.74 Å². The molecule has 0 atom stereocenters. The maximum absolute atomic E-state index is 6.34. The third-order valence-corrected chi connectivity index (χ3v) is 7.15. The van der Waals surface area contributed by atoms with Crippen LogP contribution in [0, 0.1) is 0 Å². The predicted molar refractivity (Wildman–Crippen MR) is 134 cm³/mol. The van der Waals surface area contributed by atoms with Crippen LogP contribution in [0.1, 0.15) is 38.2 Å². The van der Waals surface area contributed by atoms with E-state index < -0.39 is 0 Å². The summed E-state index contributed by atoms with van der Waals surface area (Å²) in [6.45, 7) is 6.92. The Hall–Kier alpha value is -3.60. The van der Waals surface area contributed by atoms with Crippen LogP contribution in [-0.4, -0.2) is 50.8 Å². The minimum atomic E-state index is 0.559. The zero-order valence-electron chi connectivity index (χ0n) is 18.8. The SMILES string of the molecule is C=C(CN1C2CCC1CC2)OC(=[N+]=CC)c1cc(-c2cccc3[nH]ccc23)cc2[nH]ncc12. The van der Waals surface area contributed by atoms with Gasteiger partial charge in [-0.15, -0.1) is 0 Å². The summed E-state index contributed by atoms with van der Waals surface area (Å²) in [4.78, 5) is 5.86. The van der Waals surface area contributed by atoms with Crippen molar-refractivity contribution in [1.29, 1.82) is 0 Å². The standard InChI is InChI=1S/C27H27N5O/c1-3-28-27(33-17(2)16-32-19-7-8-20(32)10-9-19)23-13-18(14-26-24(23)15-30-31-26)21-5-4-6-25-22(21)11-12-29-25/h3-6,11-15,19-20,29H,2,7-10,16H2,1H3/p+1. The zero-order valence-corrected chi connectivity index (χ0v) is 18.8. The van der Waals surface area contributed by atoms with Gasteiger partial charge in [0.1, 0.15) is 11.3 Å². The molecule has 2 N–H and O–H groups in total. The largest absolute Gasteiger partial charge is 0.499 e. The molecule has 33 heavy (non-hydrogen) atoms. The van der Waals surface area contributed by atoms with Crippen LogP contribution in [0.5, 0.6) is 0 Å². The number of aromatic nitrogens is 3. The molecule has 0 amide bonds. The Morgan fingerprint density at radius 1 is 1.15 bits per heavy atom. The Labute approximate surface area is 192 Å². The maximum Gasteiger partial charge on any atom is 0.499 e. The third-order valence-electron chi connectivity index (χ3n) is 7.15. The lowest BCUT2D eigenvalue weighted by Crippen LogP contribution is -2.31. The quantitative estimate of drug-likeness (QED) is 0.204. The molecule has 0 unspecified atom stereocenters. The summed E-state index contributed by atoms with van der Waals surface area (Å²) in [5.41, 5.74) is 5.21. The van der Waals surface area contributed by atoms with E-state index in [1.807, 2.05) is 19.3 Å². The first-order chi connectivity index (χ1) is 16.2. The van der Waals surface area contributed by atoms with Crippen molar-refractivity contribution in [2.45, 2.75) is 44.7 Å². The lowest BCUT2D eigenvalue weighted by Gasteiger charge is -2.21. The number of rotatable bonds is 5. The monoisotopic (exact) mass is 438 g/mol. The number of ether oxygens (including phenoxy) is 1. The van der Waals surface area contributed by atoms with Gasteiger partial charge >= 0.3 is 5.90 Å². The van der Waals surface area contributed by atoms with E-state index in [2.05, 4.69) is 67.7 Å². The first-order valence-electron chi connectivity index (χ1n) is 11.7. The van der Waals surface area contributed by atoms with Crippen molar-refractivity contribution in [2.75, 3.05) is 6.54 Å². The van der Waals surface area contributed by atoms with Crippen molar-refractivity contribution in [3.63, 3.8) is 0 Å². The molecule has 2 aromatic heterocycles. The molecule has 4 heterocycles. The molecule has 0 saturated carbocycles. The first kappa shape index (κ1) is 20.0. The van der Waals surface area contributed by atoms with E-state index in [1.165, 1.54) is 31.1 Å². The summed E-state index contributed by atoms with van der Waals surface area (Å²) in [7, 11) is 0. The van der Waals surface area contributed by atoms with E-state index in [0.717, 1.165) is 45.4 Å². The highest BCUT2D eigenvalue weighted by atomic mass is 16.5. The highest BCUT2D eigenvalue weighted by Gasteiger charge is 2.39. The number of benzene rings is 2. The van der Waals surface area contributed by atoms with Gasteiger partial charge in [0.2, 0.25) is 0 Å². The van der Waals surface area contributed by atoms with E-state index in [1.54, 1.807) is 6.21 Å². The fourth-order valence-corrected chi connectivity index (χ4v) is 5.64. The first-order valence-corrected chi connectivity index (χ1v) is 11.7. The lowest BCUT2D eigenvalue weighted by atomic mass is 9.97. The molecule has 6 heteroatoms. The lowest BCUT2D eigenvalue weighted by molar-refractivity contribution is 0.236. The van der Waals surface area contributed by atoms with Gasteiger partial charge in [0, 0.05) is 41.5 Å². The van der Waals surface area contributed by atoms with Gasteiger partial charge in [0.15, 0.2) is 0 Å². The van der Waals surface area contributed by atoms with Crippen LogP contribution >= 0.6 is 0 Å². The summed E-state index contributed by atoms with van der Waals surface area (Å²) in [6.07, 6.45) is 10.8. The van der Waals surface area contributed by atoms with E-state index in [9.17, 15) is 0 Å². The molecule has 2 bridgehead atoms. The topological polar surface area (TPSA) is 71.0 Å². The van der Waals surface area contributed by atoms with Crippen LogP contribution in [0.2, 0.25) is 0 Å².